The molecule has 0 radical (unpaired) electrons. The van der Waals surface area contributed by atoms with Crippen LogP contribution >= 0.6 is 11.6 Å². The Morgan fingerprint density at radius 2 is 2.14 bits per heavy atom. The van der Waals surface area contributed by atoms with Crippen LogP contribution in [0.1, 0.15) is 13.3 Å². The molecule has 0 aliphatic carbocycles. The quantitative estimate of drug-likeness (QED) is 0.872. The summed E-state index contributed by atoms with van der Waals surface area (Å²) in [4.78, 5) is 25.3. The Hall–Kier alpha value is -1.59. The Morgan fingerprint density at radius 3 is 2.81 bits per heavy atom. The van der Waals surface area contributed by atoms with Crippen LogP contribution in [0.25, 0.3) is 0 Å². The van der Waals surface area contributed by atoms with Crippen molar-refractivity contribution in [3.63, 3.8) is 0 Å². The van der Waals surface area contributed by atoms with Gasteiger partial charge in [0, 0.05) is 42.7 Å². The second-order valence-corrected chi connectivity index (χ2v) is 5.43. The molecule has 1 aliphatic heterocycles. The summed E-state index contributed by atoms with van der Waals surface area (Å²) in [6.07, 6.45) is 0.442. The number of rotatable bonds is 6. The molecule has 21 heavy (non-hydrogen) atoms. The lowest BCUT2D eigenvalue weighted by Gasteiger charge is -2.17. The van der Waals surface area contributed by atoms with E-state index in [0.717, 1.165) is 5.69 Å². The van der Waals surface area contributed by atoms with Crippen LogP contribution in [0.5, 0.6) is 0 Å². The molecule has 1 N–H and O–H groups in total. The third-order valence-corrected chi connectivity index (χ3v) is 3.62. The van der Waals surface area contributed by atoms with E-state index in [1.165, 1.54) is 0 Å². The molecule has 6 heteroatoms. The zero-order valence-corrected chi connectivity index (χ0v) is 12.7. The highest BCUT2D eigenvalue weighted by Crippen LogP contribution is 2.25. The van der Waals surface area contributed by atoms with Gasteiger partial charge in [0.1, 0.15) is 6.61 Å². The fourth-order valence-corrected chi connectivity index (χ4v) is 2.42. The van der Waals surface area contributed by atoms with Gasteiger partial charge in [0.25, 0.3) is 0 Å². The fourth-order valence-electron chi connectivity index (χ4n) is 2.29. The monoisotopic (exact) mass is 310 g/mol. The SMILES string of the molecule is CCOCC(=O)NC[C@@H]1CC(=O)N(c2ccc(Cl)cc2)C1. The maximum atomic E-state index is 12.0. The largest absolute Gasteiger partial charge is 0.372 e. The number of benzene rings is 1. The van der Waals surface area contributed by atoms with Crippen molar-refractivity contribution < 1.29 is 14.3 Å². The highest BCUT2D eigenvalue weighted by Gasteiger charge is 2.30. The van der Waals surface area contributed by atoms with Crippen molar-refractivity contribution in [2.24, 2.45) is 5.92 Å². The zero-order valence-electron chi connectivity index (χ0n) is 12.0. The van der Waals surface area contributed by atoms with Crippen molar-refractivity contribution in [2.45, 2.75) is 13.3 Å². The third-order valence-electron chi connectivity index (χ3n) is 3.37. The van der Waals surface area contributed by atoms with Crippen LogP contribution in [0.4, 0.5) is 5.69 Å². The van der Waals surface area contributed by atoms with Crippen molar-refractivity contribution in [2.75, 3.05) is 31.2 Å². The molecule has 114 valence electrons. The molecule has 0 aromatic heterocycles. The van der Waals surface area contributed by atoms with Gasteiger partial charge in [-0.15, -0.1) is 0 Å². The summed E-state index contributed by atoms with van der Waals surface area (Å²) < 4.78 is 5.03. The second-order valence-electron chi connectivity index (χ2n) is 4.99. The van der Waals surface area contributed by atoms with Gasteiger partial charge in [-0.05, 0) is 31.2 Å². The maximum absolute atomic E-state index is 12.0. The van der Waals surface area contributed by atoms with E-state index in [1.54, 1.807) is 17.0 Å². The molecule has 2 amide bonds. The predicted molar refractivity (Wildman–Crippen MR) is 81.4 cm³/mol. The second kappa shape index (κ2) is 7.43. The van der Waals surface area contributed by atoms with Crippen LogP contribution in [-0.2, 0) is 14.3 Å². The molecule has 1 heterocycles. The Labute approximate surface area is 129 Å². The highest BCUT2D eigenvalue weighted by atomic mass is 35.5. The van der Waals surface area contributed by atoms with Crippen LogP contribution in [-0.4, -0.2) is 38.1 Å². The summed E-state index contributed by atoms with van der Waals surface area (Å²) in [7, 11) is 0. The average Bonchev–Trinajstić information content (AvgIpc) is 2.85. The normalized spacial score (nSPS) is 18.1. The molecule has 1 aliphatic rings. The highest BCUT2D eigenvalue weighted by molar-refractivity contribution is 6.30. The van der Waals surface area contributed by atoms with Gasteiger partial charge in [-0.25, -0.2) is 0 Å². The van der Waals surface area contributed by atoms with Crippen molar-refractivity contribution in [1.29, 1.82) is 0 Å². The number of carbonyl (C=O) groups is 2. The van der Waals surface area contributed by atoms with Crippen LogP contribution in [0, 0.1) is 5.92 Å². The average molecular weight is 311 g/mol. The Morgan fingerprint density at radius 1 is 1.43 bits per heavy atom. The van der Waals surface area contributed by atoms with E-state index in [4.69, 9.17) is 16.3 Å². The van der Waals surface area contributed by atoms with Gasteiger partial charge in [0.2, 0.25) is 11.8 Å². The first-order valence-corrected chi connectivity index (χ1v) is 7.38. The molecule has 2 rings (SSSR count). The van der Waals surface area contributed by atoms with Gasteiger partial charge in [0.05, 0.1) is 0 Å². The predicted octanol–water partition coefficient (Wildman–Crippen LogP) is 1.85. The van der Waals surface area contributed by atoms with E-state index < -0.39 is 0 Å². The summed E-state index contributed by atoms with van der Waals surface area (Å²) in [6.45, 7) is 3.52. The van der Waals surface area contributed by atoms with Crippen LogP contribution in [0.3, 0.4) is 0 Å². The molecule has 0 saturated carbocycles. The number of hydrogen-bond acceptors (Lipinski definition) is 3. The van der Waals surface area contributed by atoms with Crippen LogP contribution < -0.4 is 10.2 Å². The molecule has 1 aromatic rings. The van der Waals surface area contributed by atoms with Gasteiger partial charge in [0.15, 0.2) is 0 Å². The van der Waals surface area contributed by atoms with Gasteiger partial charge < -0.3 is 15.0 Å². The number of nitrogens with zero attached hydrogens (tertiary/aromatic N) is 1. The van der Waals surface area contributed by atoms with Crippen molar-refractivity contribution >= 4 is 29.1 Å². The Kier molecular flexibility index (Phi) is 5.59. The van der Waals surface area contributed by atoms with E-state index in [0.29, 0.717) is 31.1 Å². The summed E-state index contributed by atoms with van der Waals surface area (Å²) in [5.41, 5.74) is 0.840. The third kappa shape index (κ3) is 4.44. The standard InChI is InChI=1S/C15H19ClN2O3/c1-2-21-10-14(19)17-8-11-7-15(20)18(9-11)13-5-3-12(16)4-6-13/h3-6,11H,2,7-10H2,1H3,(H,17,19)/t11-/m0/s1. The fraction of sp³-hybridized carbons (Fsp3) is 0.467. The lowest BCUT2D eigenvalue weighted by atomic mass is 10.1. The number of hydrogen-bond donors (Lipinski definition) is 1. The molecule has 0 unspecified atom stereocenters. The first kappa shape index (κ1) is 15.8. The summed E-state index contributed by atoms with van der Waals surface area (Å²) in [5.74, 6) is 0.0503. The lowest BCUT2D eigenvalue weighted by molar-refractivity contribution is -0.125. The lowest BCUT2D eigenvalue weighted by Crippen LogP contribution is -2.33. The minimum Gasteiger partial charge on any atom is -0.372 e. The molecule has 0 bridgehead atoms. The van der Waals surface area contributed by atoms with Gasteiger partial charge in [-0.1, -0.05) is 11.6 Å². The maximum Gasteiger partial charge on any atom is 0.246 e. The van der Waals surface area contributed by atoms with Crippen molar-refractivity contribution in [1.82, 2.24) is 5.32 Å². The van der Waals surface area contributed by atoms with E-state index in [-0.39, 0.29) is 24.3 Å². The van der Waals surface area contributed by atoms with Gasteiger partial charge >= 0.3 is 0 Å². The summed E-state index contributed by atoms with van der Waals surface area (Å²) in [6, 6.07) is 7.19. The van der Waals surface area contributed by atoms with Crippen molar-refractivity contribution in [3.8, 4) is 0 Å². The van der Waals surface area contributed by atoms with Gasteiger partial charge in [-0.3, -0.25) is 9.59 Å². The Balaban J connectivity index is 1.85. The number of nitrogens with one attached hydrogen (secondary N) is 1. The molecular weight excluding hydrogens is 292 g/mol. The smallest absolute Gasteiger partial charge is 0.246 e. The van der Waals surface area contributed by atoms with Crippen molar-refractivity contribution in [3.05, 3.63) is 29.3 Å². The minimum atomic E-state index is -0.144. The van der Waals surface area contributed by atoms with E-state index in [1.807, 2.05) is 19.1 Å². The molecule has 5 nitrogen and oxygen atoms in total. The molecule has 1 atom stereocenters. The van der Waals surface area contributed by atoms with E-state index in [9.17, 15) is 9.59 Å². The van der Waals surface area contributed by atoms with Crippen LogP contribution in [0.15, 0.2) is 24.3 Å². The van der Waals surface area contributed by atoms with Crippen LogP contribution in [0.2, 0.25) is 5.02 Å². The molecular formula is C15H19ClN2O3. The number of amides is 2. The van der Waals surface area contributed by atoms with Gasteiger partial charge in [-0.2, -0.15) is 0 Å². The number of anilines is 1. The molecule has 1 saturated heterocycles. The number of ether oxygens (including phenoxy) is 1. The summed E-state index contributed by atoms with van der Waals surface area (Å²) in [5, 5.41) is 3.44. The minimum absolute atomic E-state index is 0.0675. The first-order valence-electron chi connectivity index (χ1n) is 7.00. The number of carbonyl (C=O) groups excluding carboxylic acids is 2. The number of halogens is 1. The van der Waals surface area contributed by atoms with E-state index >= 15 is 0 Å². The first-order chi connectivity index (χ1) is 10.1. The molecule has 1 aromatic carbocycles. The topological polar surface area (TPSA) is 58.6 Å². The zero-order chi connectivity index (χ0) is 15.2. The molecule has 0 spiro atoms. The summed E-state index contributed by atoms with van der Waals surface area (Å²) >= 11 is 5.85. The molecule has 1 fully saturated rings. The van der Waals surface area contributed by atoms with E-state index in [2.05, 4.69) is 5.32 Å². The Bertz CT molecular complexity index is 504.